The second-order valence-corrected chi connectivity index (χ2v) is 4.14. The third kappa shape index (κ3) is 1.98. The van der Waals surface area contributed by atoms with Gasteiger partial charge in [-0.15, -0.1) is 11.3 Å². The fraction of sp³-hybridized carbons (Fsp3) is 0.300. The van der Waals surface area contributed by atoms with Gasteiger partial charge in [-0.1, -0.05) is 6.07 Å². The topological polar surface area (TPSA) is 37.3 Å². The van der Waals surface area contributed by atoms with Crippen LogP contribution in [-0.4, -0.2) is 11.1 Å². The first-order valence-electron chi connectivity index (χ1n) is 4.26. The van der Waals surface area contributed by atoms with Crippen molar-refractivity contribution >= 4 is 22.9 Å². The van der Waals surface area contributed by atoms with Crippen molar-refractivity contribution in [3.8, 4) is 0 Å². The highest BCUT2D eigenvalue weighted by atomic mass is 32.1. The lowest BCUT2D eigenvalue weighted by Gasteiger charge is -1.99. The molecule has 1 aromatic heterocycles. The Bertz CT molecular complexity index is 334. The second-order valence-electron chi connectivity index (χ2n) is 3.19. The number of rotatable bonds is 3. The number of hydrogen-bond acceptors (Lipinski definition) is 2. The van der Waals surface area contributed by atoms with Crippen LogP contribution in [0.4, 0.5) is 0 Å². The lowest BCUT2D eigenvalue weighted by molar-refractivity contribution is -0.131. The average molecular weight is 194 g/mol. The van der Waals surface area contributed by atoms with Crippen molar-refractivity contribution in [2.45, 2.75) is 12.8 Å². The minimum absolute atomic E-state index is 0.495. The quantitative estimate of drug-likeness (QED) is 0.751. The molecule has 1 aliphatic carbocycles. The fourth-order valence-electron chi connectivity index (χ4n) is 1.36. The van der Waals surface area contributed by atoms with E-state index < -0.39 is 5.97 Å². The maximum Gasteiger partial charge on any atom is 0.328 e. The zero-order valence-corrected chi connectivity index (χ0v) is 7.88. The molecule has 0 aliphatic heterocycles. The molecule has 0 bridgehead atoms. The Morgan fingerprint density at radius 2 is 2.38 bits per heavy atom. The summed E-state index contributed by atoms with van der Waals surface area (Å²) in [6.45, 7) is 0. The molecule has 0 spiro atoms. The van der Waals surface area contributed by atoms with E-state index in [0.29, 0.717) is 5.92 Å². The smallest absolute Gasteiger partial charge is 0.328 e. The highest BCUT2D eigenvalue weighted by Gasteiger charge is 2.27. The van der Waals surface area contributed by atoms with Crippen LogP contribution in [0.25, 0.3) is 5.57 Å². The SMILES string of the molecule is O=C(O)/C=C(/c1cccs1)C1CC1. The van der Waals surface area contributed by atoms with Crippen LogP contribution in [0.2, 0.25) is 0 Å². The lowest BCUT2D eigenvalue weighted by atomic mass is 10.1. The molecule has 1 aliphatic rings. The first-order chi connectivity index (χ1) is 6.27. The monoisotopic (exact) mass is 194 g/mol. The van der Waals surface area contributed by atoms with E-state index in [1.807, 2.05) is 17.5 Å². The zero-order chi connectivity index (χ0) is 9.26. The molecule has 1 N–H and O–H groups in total. The number of hydrogen-bond donors (Lipinski definition) is 1. The van der Waals surface area contributed by atoms with Crippen LogP contribution in [0.5, 0.6) is 0 Å². The highest BCUT2D eigenvalue weighted by molar-refractivity contribution is 7.11. The van der Waals surface area contributed by atoms with Crippen LogP contribution in [0.3, 0.4) is 0 Å². The minimum atomic E-state index is -0.838. The standard InChI is InChI=1S/C10H10O2S/c11-10(12)6-8(7-3-4-7)9-2-1-5-13-9/h1-2,5-7H,3-4H2,(H,11,12)/b8-6+. The maximum atomic E-state index is 10.6. The van der Waals surface area contributed by atoms with Gasteiger partial charge < -0.3 is 5.11 Å². The van der Waals surface area contributed by atoms with Crippen LogP contribution in [0, 0.1) is 5.92 Å². The van der Waals surface area contributed by atoms with E-state index >= 15 is 0 Å². The van der Waals surface area contributed by atoms with Gasteiger partial charge >= 0.3 is 5.97 Å². The van der Waals surface area contributed by atoms with Gasteiger partial charge in [0.25, 0.3) is 0 Å². The molecular weight excluding hydrogens is 184 g/mol. The van der Waals surface area contributed by atoms with Gasteiger partial charge in [0.2, 0.25) is 0 Å². The summed E-state index contributed by atoms with van der Waals surface area (Å²) in [5.74, 6) is -0.343. The Morgan fingerprint density at radius 3 is 2.85 bits per heavy atom. The number of carboxylic acid groups (broad SMARTS) is 1. The molecule has 0 aromatic carbocycles. The Balaban J connectivity index is 2.29. The molecule has 1 fully saturated rings. The van der Waals surface area contributed by atoms with E-state index in [2.05, 4.69) is 0 Å². The summed E-state index contributed by atoms with van der Waals surface area (Å²) >= 11 is 1.61. The van der Waals surface area contributed by atoms with Crippen LogP contribution < -0.4 is 0 Å². The van der Waals surface area contributed by atoms with Gasteiger partial charge in [-0.3, -0.25) is 0 Å². The van der Waals surface area contributed by atoms with Gasteiger partial charge in [0.05, 0.1) is 0 Å². The van der Waals surface area contributed by atoms with Crippen LogP contribution >= 0.6 is 11.3 Å². The van der Waals surface area contributed by atoms with Gasteiger partial charge in [0, 0.05) is 11.0 Å². The molecule has 0 atom stereocenters. The molecule has 0 saturated heterocycles. The number of aliphatic carboxylic acids is 1. The number of thiophene rings is 1. The lowest BCUT2D eigenvalue weighted by Crippen LogP contribution is -1.92. The first-order valence-corrected chi connectivity index (χ1v) is 5.14. The summed E-state index contributed by atoms with van der Waals surface area (Å²) in [4.78, 5) is 11.7. The van der Waals surface area contributed by atoms with E-state index in [4.69, 9.17) is 5.11 Å². The highest BCUT2D eigenvalue weighted by Crippen LogP contribution is 2.43. The third-order valence-electron chi connectivity index (χ3n) is 2.10. The second kappa shape index (κ2) is 3.34. The average Bonchev–Trinajstić information content (AvgIpc) is 2.77. The van der Waals surface area contributed by atoms with Crippen LogP contribution in [0.1, 0.15) is 17.7 Å². The Kier molecular flexibility index (Phi) is 2.19. The van der Waals surface area contributed by atoms with Crippen molar-refractivity contribution in [3.05, 3.63) is 28.5 Å². The van der Waals surface area contributed by atoms with E-state index in [1.54, 1.807) is 11.3 Å². The Hall–Kier alpha value is -1.09. The summed E-state index contributed by atoms with van der Waals surface area (Å²) in [5, 5.41) is 10.7. The normalized spacial score (nSPS) is 17.4. The van der Waals surface area contributed by atoms with Gasteiger partial charge in [-0.2, -0.15) is 0 Å². The van der Waals surface area contributed by atoms with E-state index in [9.17, 15) is 4.79 Å². The minimum Gasteiger partial charge on any atom is -0.478 e. The van der Waals surface area contributed by atoms with Crippen molar-refractivity contribution in [1.29, 1.82) is 0 Å². The molecule has 13 heavy (non-hydrogen) atoms. The molecular formula is C10H10O2S. The Labute approximate surface area is 80.5 Å². The molecule has 1 aromatic rings. The fourth-order valence-corrected chi connectivity index (χ4v) is 2.18. The molecule has 0 unspecified atom stereocenters. The molecule has 1 heterocycles. The predicted molar refractivity (Wildman–Crippen MR) is 52.7 cm³/mol. The van der Waals surface area contributed by atoms with Crippen molar-refractivity contribution in [2.24, 2.45) is 5.92 Å². The Morgan fingerprint density at radius 1 is 1.62 bits per heavy atom. The van der Waals surface area contributed by atoms with Crippen LogP contribution in [0.15, 0.2) is 23.6 Å². The molecule has 68 valence electrons. The summed E-state index contributed by atoms with van der Waals surface area (Å²) in [6.07, 6.45) is 3.62. The van der Waals surface area contributed by atoms with Crippen molar-refractivity contribution in [3.63, 3.8) is 0 Å². The largest absolute Gasteiger partial charge is 0.478 e. The summed E-state index contributed by atoms with van der Waals surface area (Å²) in [6, 6.07) is 3.94. The van der Waals surface area contributed by atoms with E-state index in [-0.39, 0.29) is 0 Å². The first kappa shape index (κ1) is 8.51. The van der Waals surface area contributed by atoms with Crippen molar-refractivity contribution in [1.82, 2.24) is 0 Å². The molecule has 1 saturated carbocycles. The van der Waals surface area contributed by atoms with E-state index in [1.165, 1.54) is 6.08 Å². The molecule has 0 radical (unpaired) electrons. The third-order valence-corrected chi connectivity index (χ3v) is 3.02. The van der Waals surface area contributed by atoms with Gasteiger partial charge in [0.15, 0.2) is 0 Å². The van der Waals surface area contributed by atoms with Crippen molar-refractivity contribution in [2.75, 3.05) is 0 Å². The molecule has 3 heteroatoms. The summed E-state index contributed by atoms with van der Waals surface area (Å²) in [5.41, 5.74) is 1.00. The van der Waals surface area contributed by atoms with Gasteiger partial charge in [-0.05, 0) is 35.8 Å². The number of carboxylic acids is 1. The predicted octanol–water partition coefficient (Wildman–Crippen LogP) is 2.63. The van der Waals surface area contributed by atoms with E-state index in [0.717, 1.165) is 23.3 Å². The number of allylic oxidation sites excluding steroid dienone is 1. The molecule has 2 rings (SSSR count). The zero-order valence-electron chi connectivity index (χ0n) is 7.06. The van der Waals surface area contributed by atoms with Gasteiger partial charge in [0.1, 0.15) is 0 Å². The van der Waals surface area contributed by atoms with Gasteiger partial charge in [-0.25, -0.2) is 4.79 Å². The van der Waals surface area contributed by atoms with Crippen LogP contribution in [-0.2, 0) is 4.79 Å². The molecule has 2 nitrogen and oxygen atoms in total. The summed E-state index contributed by atoms with van der Waals surface area (Å²) in [7, 11) is 0. The van der Waals surface area contributed by atoms with Crippen molar-refractivity contribution < 1.29 is 9.90 Å². The maximum absolute atomic E-state index is 10.6. The number of carbonyl (C=O) groups is 1. The summed E-state index contributed by atoms with van der Waals surface area (Å²) < 4.78 is 0. The molecule has 0 amide bonds.